The molecule has 1 rings (SSSR count). The van der Waals surface area contributed by atoms with Crippen molar-refractivity contribution >= 4 is 11.9 Å². The van der Waals surface area contributed by atoms with Crippen LogP contribution < -0.4 is 16.0 Å². The Balaban J connectivity index is 2.51. The Hall–Kier alpha value is -2.04. The van der Waals surface area contributed by atoms with Gasteiger partial charge >= 0.3 is 0 Å². The average molecular weight is 276 g/mol. The van der Waals surface area contributed by atoms with Crippen LogP contribution in [0.1, 0.15) is 36.2 Å². The molecule has 3 N–H and O–H groups in total. The molecular formula is C15H24N4O. The second-order valence-electron chi connectivity index (χ2n) is 4.41. The van der Waals surface area contributed by atoms with Crippen LogP contribution in [0.2, 0.25) is 0 Å². The summed E-state index contributed by atoms with van der Waals surface area (Å²) in [5.74, 6) is 0.757. The topological polar surface area (TPSA) is 65.5 Å². The van der Waals surface area contributed by atoms with Gasteiger partial charge in [0.25, 0.3) is 5.91 Å². The molecule has 110 valence electrons. The number of hydrogen-bond donors (Lipinski definition) is 3. The highest BCUT2D eigenvalue weighted by atomic mass is 16.1. The molecule has 0 atom stereocenters. The van der Waals surface area contributed by atoms with Crippen molar-refractivity contribution < 1.29 is 4.79 Å². The molecule has 0 radical (unpaired) electrons. The standard InChI is InChI=1S/C15H24N4O/c1-4-10-18-15(16-3)19-11-12-6-8-13(9-7-12)14(20)17-5-2/h6-9H,4-5,10-11H2,1-3H3,(H,17,20)(H2,16,18,19). The van der Waals surface area contributed by atoms with Crippen LogP contribution in [0.5, 0.6) is 0 Å². The first-order chi connectivity index (χ1) is 9.71. The minimum absolute atomic E-state index is 0.0348. The van der Waals surface area contributed by atoms with Gasteiger partial charge in [0.15, 0.2) is 5.96 Å². The quantitative estimate of drug-likeness (QED) is 0.545. The summed E-state index contributed by atoms with van der Waals surface area (Å²) >= 11 is 0. The summed E-state index contributed by atoms with van der Waals surface area (Å²) in [5, 5.41) is 9.22. The van der Waals surface area contributed by atoms with Crippen molar-refractivity contribution in [3.05, 3.63) is 35.4 Å². The second-order valence-corrected chi connectivity index (χ2v) is 4.41. The molecule has 0 fully saturated rings. The van der Waals surface area contributed by atoms with Gasteiger partial charge in [-0.2, -0.15) is 0 Å². The molecule has 0 bridgehead atoms. The number of carbonyl (C=O) groups excluding carboxylic acids is 1. The molecule has 0 aliphatic heterocycles. The van der Waals surface area contributed by atoms with Crippen molar-refractivity contribution in [1.29, 1.82) is 0 Å². The second kappa shape index (κ2) is 8.96. The maximum atomic E-state index is 11.6. The maximum absolute atomic E-state index is 11.6. The Morgan fingerprint density at radius 3 is 2.35 bits per heavy atom. The lowest BCUT2D eigenvalue weighted by Crippen LogP contribution is -2.37. The zero-order valence-corrected chi connectivity index (χ0v) is 12.5. The third-order valence-corrected chi connectivity index (χ3v) is 2.78. The van der Waals surface area contributed by atoms with Crippen molar-refractivity contribution in [2.75, 3.05) is 20.1 Å². The molecule has 0 heterocycles. The van der Waals surface area contributed by atoms with Gasteiger partial charge in [-0.15, -0.1) is 0 Å². The van der Waals surface area contributed by atoms with Gasteiger partial charge in [0.2, 0.25) is 0 Å². The van der Waals surface area contributed by atoms with E-state index in [-0.39, 0.29) is 5.91 Å². The zero-order valence-electron chi connectivity index (χ0n) is 12.5. The lowest BCUT2D eigenvalue weighted by Gasteiger charge is -2.11. The summed E-state index contributed by atoms with van der Waals surface area (Å²) in [7, 11) is 1.75. The van der Waals surface area contributed by atoms with Gasteiger partial charge in [0, 0.05) is 32.2 Å². The largest absolute Gasteiger partial charge is 0.356 e. The van der Waals surface area contributed by atoms with Gasteiger partial charge in [-0.3, -0.25) is 9.79 Å². The SMILES string of the molecule is CCCNC(=NC)NCc1ccc(C(=O)NCC)cc1. The number of aliphatic imine (C=N–C) groups is 1. The predicted octanol–water partition coefficient (Wildman–Crippen LogP) is 1.51. The van der Waals surface area contributed by atoms with Crippen LogP contribution in [-0.2, 0) is 6.54 Å². The predicted molar refractivity (Wildman–Crippen MR) is 82.9 cm³/mol. The Bertz CT molecular complexity index is 440. The molecule has 1 amide bonds. The number of amides is 1. The lowest BCUT2D eigenvalue weighted by molar-refractivity contribution is 0.0956. The molecule has 0 saturated heterocycles. The Labute approximate surface area is 120 Å². The van der Waals surface area contributed by atoms with E-state index in [0.717, 1.165) is 24.5 Å². The Morgan fingerprint density at radius 1 is 1.10 bits per heavy atom. The van der Waals surface area contributed by atoms with E-state index in [9.17, 15) is 4.79 Å². The summed E-state index contributed by atoms with van der Waals surface area (Å²) in [4.78, 5) is 15.8. The zero-order chi connectivity index (χ0) is 14.8. The van der Waals surface area contributed by atoms with Gasteiger partial charge in [-0.05, 0) is 31.0 Å². The summed E-state index contributed by atoms with van der Waals surface area (Å²) in [6, 6.07) is 7.57. The first-order valence-electron chi connectivity index (χ1n) is 7.02. The van der Waals surface area contributed by atoms with Crippen molar-refractivity contribution in [3.63, 3.8) is 0 Å². The van der Waals surface area contributed by atoms with E-state index >= 15 is 0 Å². The molecule has 0 saturated carbocycles. The fourth-order valence-electron chi connectivity index (χ4n) is 1.69. The molecule has 0 spiro atoms. The third kappa shape index (κ3) is 5.30. The van der Waals surface area contributed by atoms with Crippen molar-refractivity contribution in [2.24, 2.45) is 4.99 Å². The highest BCUT2D eigenvalue weighted by Crippen LogP contribution is 2.04. The summed E-state index contributed by atoms with van der Waals surface area (Å²) in [5.41, 5.74) is 1.79. The van der Waals surface area contributed by atoms with Crippen LogP contribution in [0.25, 0.3) is 0 Å². The van der Waals surface area contributed by atoms with Crippen molar-refractivity contribution in [3.8, 4) is 0 Å². The number of guanidine groups is 1. The number of hydrogen-bond acceptors (Lipinski definition) is 2. The van der Waals surface area contributed by atoms with Gasteiger partial charge in [-0.25, -0.2) is 0 Å². The molecule has 20 heavy (non-hydrogen) atoms. The lowest BCUT2D eigenvalue weighted by atomic mass is 10.1. The smallest absolute Gasteiger partial charge is 0.251 e. The van der Waals surface area contributed by atoms with E-state index in [1.54, 1.807) is 7.05 Å². The van der Waals surface area contributed by atoms with Gasteiger partial charge in [0.1, 0.15) is 0 Å². The number of benzene rings is 1. The molecule has 5 heteroatoms. The Kier molecular flexibility index (Phi) is 7.17. The van der Waals surface area contributed by atoms with Crippen LogP contribution in [0, 0.1) is 0 Å². The molecule has 0 aliphatic rings. The number of carbonyl (C=O) groups is 1. The van der Waals surface area contributed by atoms with Crippen molar-refractivity contribution in [2.45, 2.75) is 26.8 Å². The fourth-order valence-corrected chi connectivity index (χ4v) is 1.69. The van der Waals surface area contributed by atoms with Crippen LogP contribution >= 0.6 is 0 Å². The van der Waals surface area contributed by atoms with Crippen LogP contribution in [0.15, 0.2) is 29.3 Å². The molecule has 0 aliphatic carbocycles. The minimum atomic E-state index is -0.0348. The maximum Gasteiger partial charge on any atom is 0.251 e. The fraction of sp³-hybridized carbons (Fsp3) is 0.467. The molecule has 0 aromatic heterocycles. The van der Waals surface area contributed by atoms with Crippen LogP contribution in [0.4, 0.5) is 0 Å². The minimum Gasteiger partial charge on any atom is -0.356 e. The van der Waals surface area contributed by atoms with Crippen molar-refractivity contribution in [1.82, 2.24) is 16.0 Å². The first kappa shape index (κ1) is 16.0. The van der Waals surface area contributed by atoms with Crippen LogP contribution in [-0.4, -0.2) is 32.0 Å². The Morgan fingerprint density at radius 2 is 1.80 bits per heavy atom. The van der Waals surface area contributed by atoms with Crippen LogP contribution in [0.3, 0.4) is 0 Å². The summed E-state index contributed by atoms with van der Waals surface area (Å²) < 4.78 is 0. The molecular weight excluding hydrogens is 252 g/mol. The average Bonchev–Trinajstić information content (AvgIpc) is 2.48. The van der Waals surface area contributed by atoms with E-state index in [1.165, 1.54) is 0 Å². The van der Waals surface area contributed by atoms with Gasteiger partial charge in [-0.1, -0.05) is 19.1 Å². The number of rotatable bonds is 6. The van der Waals surface area contributed by atoms with E-state index in [2.05, 4.69) is 27.9 Å². The van der Waals surface area contributed by atoms with Gasteiger partial charge in [0.05, 0.1) is 0 Å². The summed E-state index contributed by atoms with van der Waals surface area (Å²) in [6.07, 6.45) is 1.06. The van der Waals surface area contributed by atoms with E-state index in [1.807, 2.05) is 31.2 Å². The number of nitrogens with zero attached hydrogens (tertiary/aromatic N) is 1. The van der Waals surface area contributed by atoms with E-state index in [0.29, 0.717) is 18.7 Å². The van der Waals surface area contributed by atoms with E-state index < -0.39 is 0 Å². The molecule has 1 aromatic carbocycles. The molecule has 0 unspecified atom stereocenters. The normalized spacial score (nSPS) is 11.1. The van der Waals surface area contributed by atoms with Gasteiger partial charge < -0.3 is 16.0 Å². The summed E-state index contributed by atoms with van der Waals surface area (Å²) in [6.45, 7) is 6.24. The monoisotopic (exact) mass is 276 g/mol. The first-order valence-corrected chi connectivity index (χ1v) is 7.02. The van der Waals surface area contributed by atoms with E-state index in [4.69, 9.17) is 0 Å². The highest BCUT2D eigenvalue weighted by Gasteiger charge is 2.03. The molecule has 5 nitrogen and oxygen atoms in total. The third-order valence-electron chi connectivity index (χ3n) is 2.78. The molecule has 1 aromatic rings. The number of nitrogens with one attached hydrogen (secondary N) is 3. The highest BCUT2D eigenvalue weighted by molar-refractivity contribution is 5.94.